The summed E-state index contributed by atoms with van der Waals surface area (Å²) in [5.74, 6) is 0.0646. The van der Waals surface area contributed by atoms with Crippen molar-refractivity contribution in [2.75, 3.05) is 26.2 Å². The summed E-state index contributed by atoms with van der Waals surface area (Å²) in [6, 6.07) is -0.313. The Labute approximate surface area is 108 Å². The van der Waals surface area contributed by atoms with Crippen molar-refractivity contribution in [1.82, 2.24) is 19.8 Å². The summed E-state index contributed by atoms with van der Waals surface area (Å²) in [7, 11) is 0. The summed E-state index contributed by atoms with van der Waals surface area (Å²) in [6.07, 6.45) is 0.884. The second-order valence-corrected chi connectivity index (χ2v) is 4.66. The summed E-state index contributed by atoms with van der Waals surface area (Å²) in [5.41, 5.74) is 0. The normalized spacial score (nSPS) is 20.7. The smallest absolute Gasteiger partial charge is 0.337 e. The molecule has 0 spiro atoms. The van der Waals surface area contributed by atoms with E-state index in [0.29, 0.717) is 26.1 Å². The SMILES string of the molecule is O=C(NCC1CCN(CC(F)(F)F)C1)n1ccnc1. The standard InChI is InChI=1S/C11H15F3N4O/c12-11(13,14)7-17-3-1-9(6-17)5-16-10(19)18-4-2-15-8-18/h2,4,8-9H,1,3,5-7H2,(H,16,19). The number of amides is 1. The van der Waals surface area contributed by atoms with Crippen LogP contribution in [0.2, 0.25) is 0 Å². The van der Waals surface area contributed by atoms with Gasteiger partial charge in [0.15, 0.2) is 0 Å². The lowest BCUT2D eigenvalue weighted by molar-refractivity contribution is -0.143. The molecular weight excluding hydrogens is 261 g/mol. The average Bonchev–Trinajstić information content (AvgIpc) is 2.94. The second kappa shape index (κ2) is 5.60. The van der Waals surface area contributed by atoms with Crippen molar-refractivity contribution in [3.05, 3.63) is 18.7 Å². The highest BCUT2D eigenvalue weighted by Gasteiger charge is 2.34. The van der Waals surface area contributed by atoms with Crippen molar-refractivity contribution < 1.29 is 18.0 Å². The van der Waals surface area contributed by atoms with Crippen LogP contribution in [0.5, 0.6) is 0 Å². The molecule has 106 valence electrons. The molecule has 1 aromatic heterocycles. The lowest BCUT2D eigenvalue weighted by Crippen LogP contribution is -2.35. The van der Waals surface area contributed by atoms with Crippen molar-refractivity contribution in [3.8, 4) is 0 Å². The molecule has 1 unspecified atom stereocenters. The maximum Gasteiger partial charge on any atom is 0.401 e. The van der Waals surface area contributed by atoms with Gasteiger partial charge in [0.25, 0.3) is 0 Å². The van der Waals surface area contributed by atoms with Gasteiger partial charge in [-0.25, -0.2) is 9.78 Å². The highest BCUT2D eigenvalue weighted by atomic mass is 19.4. The number of carbonyl (C=O) groups excluding carboxylic acids is 1. The molecule has 0 bridgehead atoms. The van der Waals surface area contributed by atoms with Crippen LogP contribution in [0.4, 0.5) is 18.0 Å². The van der Waals surface area contributed by atoms with E-state index in [-0.39, 0.29) is 11.9 Å². The summed E-state index contributed by atoms with van der Waals surface area (Å²) < 4.78 is 37.9. The number of hydrogen-bond donors (Lipinski definition) is 1. The first-order valence-corrected chi connectivity index (χ1v) is 5.99. The zero-order chi connectivity index (χ0) is 13.9. The Morgan fingerprint density at radius 2 is 2.26 bits per heavy atom. The largest absolute Gasteiger partial charge is 0.401 e. The molecule has 1 atom stereocenters. The number of alkyl halides is 3. The van der Waals surface area contributed by atoms with E-state index >= 15 is 0 Å². The van der Waals surface area contributed by atoms with E-state index in [0.717, 1.165) is 0 Å². The van der Waals surface area contributed by atoms with Crippen LogP contribution in [0.25, 0.3) is 0 Å². The number of nitrogens with one attached hydrogen (secondary N) is 1. The molecule has 1 aliphatic heterocycles. The first kappa shape index (κ1) is 13.9. The third-order valence-corrected chi connectivity index (χ3v) is 3.05. The molecule has 1 amide bonds. The van der Waals surface area contributed by atoms with Crippen molar-refractivity contribution in [3.63, 3.8) is 0 Å². The van der Waals surface area contributed by atoms with Gasteiger partial charge in [-0.05, 0) is 18.9 Å². The summed E-state index contributed by atoms with van der Waals surface area (Å²) in [5, 5.41) is 2.69. The van der Waals surface area contributed by atoms with Crippen LogP contribution in [0.3, 0.4) is 0 Å². The fourth-order valence-corrected chi connectivity index (χ4v) is 2.18. The molecule has 1 fully saturated rings. The predicted octanol–water partition coefficient (Wildman–Crippen LogP) is 1.33. The van der Waals surface area contributed by atoms with E-state index in [4.69, 9.17) is 0 Å². The van der Waals surface area contributed by atoms with Gasteiger partial charge in [0.2, 0.25) is 0 Å². The van der Waals surface area contributed by atoms with Crippen LogP contribution in [0, 0.1) is 5.92 Å². The Hall–Kier alpha value is -1.57. The third kappa shape index (κ3) is 4.23. The van der Waals surface area contributed by atoms with Crippen LogP contribution < -0.4 is 5.32 Å². The van der Waals surface area contributed by atoms with E-state index in [2.05, 4.69) is 10.3 Å². The lowest BCUT2D eigenvalue weighted by Gasteiger charge is -2.18. The van der Waals surface area contributed by atoms with Gasteiger partial charge in [0.1, 0.15) is 6.33 Å². The van der Waals surface area contributed by atoms with Crippen molar-refractivity contribution in [1.29, 1.82) is 0 Å². The molecule has 1 saturated heterocycles. The van der Waals surface area contributed by atoms with Gasteiger partial charge in [0, 0.05) is 25.5 Å². The molecule has 1 aromatic rings. The average molecular weight is 276 g/mol. The van der Waals surface area contributed by atoms with Gasteiger partial charge in [0.05, 0.1) is 6.54 Å². The number of nitrogens with zero attached hydrogens (tertiary/aromatic N) is 3. The first-order chi connectivity index (χ1) is 8.94. The Morgan fingerprint density at radius 1 is 1.47 bits per heavy atom. The summed E-state index contributed by atoms with van der Waals surface area (Å²) in [4.78, 5) is 16.7. The van der Waals surface area contributed by atoms with Crippen LogP contribution in [0.15, 0.2) is 18.7 Å². The van der Waals surface area contributed by atoms with E-state index in [1.807, 2.05) is 0 Å². The number of carbonyl (C=O) groups is 1. The van der Waals surface area contributed by atoms with Gasteiger partial charge in [-0.1, -0.05) is 0 Å². The second-order valence-electron chi connectivity index (χ2n) is 4.66. The van der Waals surface area contributed by atoms with E-state index in [9.17, 15) is 18.0 Å². The van der Waals surface area contributed by atoms with Crippen molar-refractivity contribution in [2.24, 2.45) is 5.92 Å². The maximum absolute atomic E-state index is 12.2. The molecular formula is C11H15F3N4O. The fourth-order valence-electron chi connectivity index (χ4n) is 2.18. The highest BCUT2D eigenvalue weighted by Crippen LogP contribution is 2.22. The molecule has 0 aliphatic carbocycles. The third-order valence-electron chi connectivity index (χ3n) is 3.05. The Bertz CT molecular complexity index is 418. The highest BCUT2D eigenvalue weighted by molar-refractivity contribution is 5.76. The van der Waals surface area contributed by atoms with Gasteiger partial charge in [-0.15, -0.1) is 0 Å². The van der Waals surface area contributed by atoms with Crippen LogP contribution >= 0.6 is 0 Å². The van der Waals surface area contributed by atoms with Crippen molar-refractivity contribution in [2.45, 2.75) is 12.6 Å². The van der Waals surface area contributed by atoms with Gasteiger partial charge in [-0.3, -0.25) is 9.47 Å². The minimum atomic E-state index is -4.16. The topological polar surface area (TPSA) is 50.2 Å². The zero-order valence-electron chi connectivity index (χ0n) is 10.2. The minimum absolute atomic E-state index is 0.0646. The number of aromatic nitrogens is 2. The maximum atomic E-state index is 12.2. The Kier molecular flexibility index (Phi) is 4.08. The van der Waals surface area contributed by atoms with Crippen LogP contribution in [-0.2, 0) is 0 Å². The molecule has 19 heavy (non-hydrogen) atoms. The number of rotatable bonds is 3. The predicted molar refractivity (Wildman–Crippen MR) is 61.6 cm³/mol. The number of halogens is 3. The molecule has 5 nitrogen and oxygen atoms in total. The van der Waals surface area contributed by atoms with Gasteiger partial charge < -0.3 is 5.32 Å². The van der Waals surface area contributed by atoms with Crippen LogP contribution in [-0.4, -0.2) is 52.8 Å². The molecule has 2 rings (SSSR count). The first-order valence-electron chi connectivity index (χ1n) is 5.99. The molecule has 0 aromatic carbocycles. The van der Waals surface area contributed by atoms with Gasteiger partial charge in [-0.2, -0.15) is 13.2 Å². The number of hydrogen-bond acceptors (Lipinski definition) is 3. The Balaban J connectivity index is 1.72. The molecule has 1 N–H and O–H groups in total. The van der Waals surface area contributed by atoms with Crippen molar-refractivity contribution >= 4 is 6.03 Å². The van der Waals surface area contributed by atoms with Crippen LogP contribution in [0.1, 0.15) is 6.42 Å². The summed E-state index contributed by atoms with van der Waals surface area (Å²) in [6.45, 7) is 0.291. The fraction of sp³-hybridized carbons (Fsp3) is 0.636. The molecule has 1 aliphatic rings. The lowest BCUT2D eigenvalue weighted by atomic mass is 10.1. The molecule has 0 radical (unpaired) electrons. The quantitative estimate of drug-likeness (QED) is 0.906. The molecule has 8 heteroatoms. The van der Waals surface area contributed by atoms with E-state index in [1.54, 1.807) is 0 Å². The van der Waals surface area contributed by atoms with E-state index < -0.39 is 12.7 Å². The number of likely N-dealkylation sites (tertiary alicyclic amines) is 1. The number of imidazole rings is 1. The minimum Gasteiger partial charge on any atom is -0.337 e. The summed E-state index contributed by atoms with van der Waals surface area (Å²) >= 11 is 0. The molecule has 2 heterocycles. The zero-order valence-corrected chi connectivity index (χ0v) is 10.2. The monoisotopic (exact) mass is 276 g/mol. The molecule has 0 saturated carbocycles. The Morgan fingerprint density at radius 3 is 2.89 bits per heavy atom. The van der Waals surface area contributed by atoms with Gasteiger partial charge >= 0.3 is 12.2 Å². The van der Waals surface area contributed by atoms with E-state index in [1.165, 1.54) is 28.2 Å².